The van der Waals surface area contributed by atoms with Gasteiger partial charge in [-0.3, -0.25) is 13.9 Å². The maximum absolute atomic E-state index is 12.8. The molecule has 1 saturated heterocycles. The van der Waals surface area contributed by atoms with Crippen molar-refractivity contribution in [3.63, 3.8) is 0 Å². The molecule has 2 aliphatic rings. The third-order valence-electron chi connectivity index (χ3n) is 5.36. The average Bonchev–Trinajstić information content (AvgIpc) is 3.15. The van der Waals surface area contributed by atoms with Gasteiger partial charge in [0.2, 0.25) is 0 Å². The number of hydrogen-bond donors (Lipinski definition) is 0. The van der Waals surface area contributed by atoms with Crippen LogP contribution in [0.4, 0.5) is 0 Å². The van der Waals surface area contributed by atoms with Crippen LogP contribution >= 0.6 is 0 Å². The van der Waals surface area contributed by atoms with Gasteiger partial charge in [-0.25, -0.2) is 0 Å². The molecule has 1 atom stereocenters. The summed E-state index contributed by atoms with van der Waals surface area (Å²) in [5, 5.41) is 0. The van der Waals surface area contributed by atoms with Crippen molar-refractivity contribution in [2.75, 3.05) is 39.0 Å². The molecule has 6 heteroatoms. The monoisotopic (exact) mass is 398 g/mol. The highest BCUT2D eigenvalue weighted by Crippen LogP contribution is 2.26. The number of carbonyl (C=O) groups is 1. The predicted molar refractivity (Wildman–Crippen MR) is 111 cm³/mol. The Labute approximate surface area is 168 Å². The van der Waals surface area contributed by atoms with E-state index >= 15 is 0 Å². The van der Waals surface area contributed by atoms with Crippen LogP contribution in [0.15, 0.2) is 42.5 Å². The Kier molecular flexibility index (Phi) is 5.78. The van der Waals surface area contributed by atoms with Crippen molar-refractivity contribution in [3.05, 3.63) is 64.7 Å². The number of carbonyl (C=O) groups excluding carboxylic acids is 1. The molecule has 0 bridgehead atoms. The molecule has 5 nitrogen and oxygen atoms in total. The molecule has 0 aromatic heterocycles. The van der Waals surface area contributed by atoms with Crippen LogP contribution in [0.3, 0.4) is 0 Å². The minimum absolute atomic E-state index is 0.0677. The number of benzene rings is 2. The number of amides is 1. The highest BCUT2D eigenvalue weighted by atomic mass is 32.2. The molecule has 2 heterocycles. The van der Waals surface area contributed by atoms with Crippen LogP contribution in [0, 0.1) is 0 Å². The molecule has 1 unspecified atom stereocenters. The van der Waals surface area contributed by atoms with Gasteiger partial charge in [0.1, 0.15) is 5.75 Å². The molecule has 0 radical (unpaired) electrons. The molecule has 4 rings (SSSR count). The van der Waals surface area contributed by atoms with Gasteiger partial charge in [0.05, 0.1) is 6.61 Å². The van der Waals surface area contributed by atoms with Gasteiger partial charge in [-0.2, -0.15) is 0 Å². The van der Waals surface area contributed by atoms with Crippen molar-refractivity contribution in [1.82, 2.24) is 9.80 Å². The Bertz CT molecular complexity index is 891. The molecule has 0 aliphatic carbocycles. The highest BCUT2D eigenvalue weighted by molar-refractivity contribution is 7.83. The Balaban J connectivity index is 1.33. The van der Waals surface area contributed by atoms with E-state index in [1.165, 1.54) is 11.1 Å². The van der Waals surface area contributed by atoms with Crippen LogP contribution in [0.1, 0.15) is 27.0 Å². The third kappa shape index (κ3) is 4.45. The number of hydrogen-bond acceptors (Lipinski definition) is 4. The van der Waals surface area contributed by atoms with Crippen molar-refractivity contribution >= 4 is 16.7 Å². The number of nitrogens with zero attached hydrogens (tertiary/aromatic N) is 2. The van der Waals surface area contributed by atoms with Crippen LogP contribution < -0.4 is 4.74 Å². The summed E-state index contributed by atoms with van der Waals surface area (Å²) in [4.78, 5) is 17.2. The molecule has 1 fully saturated rings. The number of ether oxygens (including phenoxy) is 1. The van der Waals surface area contributed by atoms with Gasteiger partial charge in [-0.1, -0.05) is 24.3 Å². The highest BCUT2D eigenvalue weighted by Gasteiger charge is 2.23. The average molecular weight is 399 g/mol. The molecule has 0 N–H and O–H groups in total. The molecular weight excluding hydrogens is 372 g/mol. The number of rotatable bonds is 5. The van der Waals surface area contributed by atoms with Crippen LogP contribution in [0.2, 0.25) is 0 Å². The topological polar surface area (TPSA) is 49.9 Å². The molecule has 2 aromatic carbocycles. The zero-order chi connectivity index (χ0) is 19.5. The van der Waals surface area contributed by atoms with Crippen LogP contribution in [0.25, 0.3) is 0 Å². The van der Waals surface area contributed by atoms with Crippen LogP contribution in [-0.2, 0) is 29.5 Å². The molecule has 28 heavy (non-hydrogen) atoms. The van der Waals surface area contributed by atoms with Crippen LogP contribution in [-0.4, -0.2) is 59.0 Å². The van der Waals surface area contributed by atoms with Crippen LogP contribution in [0.5, 0.6) is 5.75 Å². The molecule has 148 valence electrons. The smallest absolute Gasteiger partial charge is 0.253 e. The number of piperazine rings is 1. The summed E-state index contributed by atoms with van der Waals surface area (Å²) in [7, 11) is -0.907. The van der Waals surface area contributed by atoms with Gasteiger partial charge in [0, 0.05) is 67.5 Å². The lowest BCUT2D eigenvalue weighted by Crippen LogP contribution is -2.48. The van der Waals surface area contributed by atoms with Gasteiger partial charge in [0.25, 0.3) is 5.91 Å². The van der Waals surface area contributed by atoms with Gasteiger partial charge in [-0.15, -0.1) is 0 Å². The SMILES string of the molecule is CS(=O)Cc1cccc(C(=O)N2CCN(Cc3ccc4c(c3)CCO4)CC2)c1. The van der Waals surface area contributed by atoms with E-state index in [4.69, 9.17) is 4.74 Å². The third-order valence-corrected chi connectivity index (χ3v) is 6.10. The predicted octanol–water partition coefficient (Wildman–Crippen LogP) is 2.46. The summed E-state index contributed by atoms with van der Waals surface area (Å²) in [5.41, 5.74) is 4.25. The Morgan fingerprint density at radius 3 is 2.68 bits per heavy atom. The maximum Gasteiger partial charge on any atom is 0.253 e. The lowest BCUT2D eigenvalue weighted by molar-refractivity contribution is 0.0628. The normalized spacial score (nSPS) is 17.8. The minimum atomic E-state index is -0.907. The van der Waals surface area contributed by atoms with E-state index in [0.29, 0.717) is 11.3 Å². The van der Waals surface area contributed by atoms with Crippen molar-refractivity contribution in [2.45, 2.75) is 18.7 Å². The quantitative estimate of drug-likeness (QED) is 0.776. The molecular formula is C22H26N2O3S. The van der Waals surface area contributed by atoms with Crippen molar-refractivity contribution in [1.29, 1.82) is 0 Å². The Hall–Kier alpha value is -2.18. The summed E-state index contributed by atoms with van der Waals surface area (Å²) >= 11 is 0. The Morgan fingerprint density at radius 2 is 1.89 bits per heavy atom. The zero-order valence-corrected chi connectivity index (χ0v) is 17.0. The first kappa shape index (κ1) is 19.2. The maximum atomic E-state index is 12.8. The fourth-order valence-electron chi connectivity index (χ4n) is 3.92. The van der Waals surface area contributed by atoms with E-state index in [0.717, 1.165) is 57.1 Å². The zero-order valence-electron chi connectivity index (χ0n) is 16.2. The first-order valence-electron chi connectivity index (χ1n) is 9.74. The van der Waals surface area contributed by atoms with Gasteiger partial charge in [0.15, 0.2) is 0 Å². The van der Waals surface area contributed by atoms with E-state index in [1.54, 1.807) is 6.26 Å². The summed E-state index contributed by atoms with van der Waals surface area (Å²) in [6, 6.07) is 14.0. The summed E-state index contributed by atoms with van der Waals surface area (Å²) in [5.74, 6) is 1.58. The molecule has 2 aromatic rings. The molecule has 0 saturated carbocycles. The van der Waals surface area contributed by atoms with Crippen molar-refractivity contribution < 1.29 is 13.7 Å². The van der Waals surface area contributed by atoms with E-state index in [1.807, 2.05) is 29.2 Å². The molecule has 1 amide bonds. The Morgan fingerprint density at radius 1 is 1.07 bits per heavy atom. The van der Waals surface area contributed by atoms with Crippen molar-refractivity contribution in [3.8, 4) is 5.75 Å². The largest absolute Gasteiger partial charge is 0.493 e. The van der Waals surface area contributed by atoms with E-state index < -0.39 is 10.8 Å². The summed E-state index contributed by atoms with van der Waals surface area (Å²) < 4.78 is 17.0. The summed E-state index contributed by atoms with van der Waals surface area (Å²) in [6.07, 6.45) is 2.68. The first-order chi connectivity index (χ1) is 13.6. The lowest BCUT2D eigenvalue weighted by Gasteiger charge is -2.35. The second-order valence-corrected chi connectivity index (χ2v) is 8.96. The first-order valence-corrected chi connectivity index (χ1v) is 11.5. The minimum Gasteiger partial charge on any atom is -0.493 e. The van der Waals surface area contributed by atoms with Gasteiger partial charge in [-0.05, 0) is 34.9 Å². The molecule has 0 spiro atoms. The fourth-order valence-corrected chi connectivity index (χ4v) is 4.57. The lowest BCUT2D eigenvalue weighted by atomic mass is 10.1. The number of fused-ring (bicyclic) bond motifs is 1. The van der Waals surface area contributed by atoms with E-state index in [-0.39, 0.29) is 5.91 Å². The fraction of sp³-hybridized carbons (Fsp3) is 0.409. The molecule has 2 aliphatic heterocycles. The standard InChI is InChI=1S/C22H26N2O3S/c1-28(26)16-18-3-2-4-20(14-18)22(25)24-10-8-23(9-11-24)15-17-5-6-21-19(13-17)7-12-27-21/h2-6,13-14H,7-12,15-16H2,1H3. The van der Waals surface area contributed by atoms with E-state index in [2.05, 4.69) is 23.1 Å². The second-order valence-electron chi connectivity index (χ2n) is 7.53. The second kappa shape index (κ2) is 8.45. The summed E-state index contributed by atoms with van der Waals surface area (Å²) in [6.45, 7) is 4.91. The van der Waals surface area contributed by atoms with Crippen molar-refractivity contribution in [2.24, 2.45) is 0 Å². The van der Waals surface area contributed by atoms with E-state index in [9.17, 15) is 9.00 Å². The van der Waals surface area contributed by atoms with Gasteiger partial charge < -0.3 is 9.64 Å². The van der Waals surface area contributed by atoms with Gasteiger partial charge >= 0.3 is 0 Å².